The van der Waals surface area contributed by atoms with Crippen LogP contribution in [0.5, 0.6) is 5.75 Å². The van der Waals surface area contributed by atoms with E-state index in [4.69, 9.17) is 9.26 Å². The van der Waals surface area contributed by atoms with Gasteiger partial charge in [-0.1, -0.05) is 49.3 Å². The van der Waals surface area contributed by atoms with Gasteiger partial charge in [0.05, 0.1) is 0 Å². The summed E-state index contributed by atoms with van der Waals surface area (Å²) >= 11 is 0. The smallest absolute Gasteiger partial charge is 0.264 e. The second-order valence-electron chi connectivity index (χ2n) is 6.29. The average Bonchev–Trinajstić information content (AvgIpc) is 3.09. The largest absolute Gasteiger partial charge is 0.484 e. The highest BCUT2D eigenvalue weighted by Gasteiger charge is 2.10. The third kappa shape index (κ3) is 4.47. The molecule has 0 atom stereocenters. The minimum Gasteiger partial charge on any atom is -0.484 e. The van der Waals surface area contributed by atoms with E-state index in [2.05, 4.69) is 41.4 Å². The molecule has 0 fully saturated rings. The zero-order valence-corrected chi connectivity index (χ0v) is 15.0. The lowest BCUT2D eigenvalue weighted by Gasteiger charge is -2.06. The Morgan fingerprint density at radius 3 is 2.65 bits per heavy atom. The van der Waals surface area contributed by atoms with Gasteiger partial charge < -0.3 is 14.6 Å². The number of benzene rings is 2. The molecular weight excluding hydrogens is 330 g/mol. The van der Waals surface area contributed by atoms with Crippen LogP contribution < -0.4 is 10.1 Å². The molecule has 1 amide bonds. The Kier molecular flexibility index (Phi) is 5.31. The molecule has 3 aromatic rings. The summed E-state index contributed by atoms with van der Waals surface area (Å²) in [5, 5.41) is 6.72. The number of anilines is 1. The second-order valence-corrected chi connectivity index (χ2v) is 6.29. The van der Waals surface area contributed by atoms with Gasteiger partial charge in [-0.3, -0.25) is 4.79 Å². The van der Waals surface area contributed by atoms with Crippen LogP contribution in [0.3, 0.4) is 0 Å². The van der Waals surface area contributed by atoms with Crippen LogP contribution in [-0.2, 0) is 11.4 Å². The molecule has 3 rings (SSSR count). The van der Waals surface area contributed by atoms with Crippen molar-refractivity contribution in [2.45, 2.75) is 33.3 Å². The Bertz CT molecular complexity index is 885. The monoisotopic (exact) mass is 351 g/mol. The van der Waals surface area contributed by atoms with Crippen LogP contribution in [0.25, 0.3) is 11.4 Å². The Morgan fingerprint density at radius 1 is 1.19 bits per heavy atom. The number of hydrogen-bond donors (Lipinski definition) is 1. The molecule has 0 aliphatic heterocycles. The van der Waals surface area contributed by atoms with Crippen molar-refractivity contribution in [2.24, 2.45) is 0 Å². The minimum atomic E-state index is -0.132. The van der Waals surface area contributed by atoms with Crippen LogP contribution in [-0.4, -0.2) is 16.0 Å². The topological polar surface area (TPSA) is 77.2 Å². The number of nitrogens with one attached hydrogen (secondary N) is 1. The van der Waals surface area contributed by atoms with Gasteiger partial charge in [-0.2, -0.15) is 4.98 Å². The summed E-state index contributed by atoms with van der Waals surface area (Å²) in [6, 6.07) is 15.2. The maximum Gasteiger partial charge on any atom is 0.264 e. The van der Waals surface area contributed by atoms with Crippen molar-refractivity contribution in [1.29, 1.82) is 0 Å². The highest BCUT2D eigenvalue weighted by Crippen LogP contribution is 2.22. The molecule has 2 aromatic carbocycles. The molecule has 0 saturated carbocycles. The lowest BCUT2D eigenvalue weighted by molar-refractivity contribution is -0.114. The van der Waals surface area contributed by atoms with Crippen molar-refractivity contribution in [3.05, 3.63) is 60.0 Å². The number of ether oxygens (including phenoxy) is 1. The summed E-state index contributed by atoms with van der Waals surface area (Å²) in [6.07, 6.45) is 0. The van der Waals surface area contributed by atoms with Crippen LogP contribution in [0.4, 0.5) is 5.69 Å². The lowest BCUT2D eigenvalue weighted by Crippen LogP contribution is -2.05. The standard InChI is InChI=1S/C20H21N3O3/c1-13(2)15-7-9-16(10-8-15)20-22-19(26-23-20)12-25-18-6-4-5-17(11-18)21-14(3)24/h4-11,13H,12H2,1-3H3,(H,21,24). The minimum absolute atomic E-state index is 0.132. The zero-order chi connectivity index (χ0) is 18.5. The lowest BCUT2D eigenvalue weighted by atomic mass is 10.0. The number of carbonyl (C=O) groups is 1. The molecule has 1 N–H and O–H groups in total. The van der Waals surface area contributed by atoms with Gasteiger partial charge in [-0.15, -0.1) is 0 Å². The summed E-state index contributed by atoms with van der Waals surface area (Å²) < 4.78 is 10.9. The van der Waals surface area contributed by atoms with E-state index >= 15 is 0 Å². The normalized spacial score (nSPS) is 10.8. The number of aromatic nitrogens is 2. The SMILES string of the molecule is CC(=O)Nc1cccc(OCc2nc(-c3ccc(C(C)C)cc3)no2)c1. The van der Waals surface area contributed by atoms with E-state index in [1.165, 1.54) is 12.5 Å². The second kappa shape index (κ2) is 7.82. The first-order valence-corrected chi connectivity index (χ1v) is 8.44. The average molecular weight is 351 g/mol. The Balaban J connectivity index is 1.64. The summed E-state index contributed by atoms with van der Waals surface area (Å²) in [4.78, 5) is 15.5. The number of nitrogens with zero attached hydrogens (tertiary/aromatic N) is 2. The van der Waals surface area contributed by atoms with Gasteiger partial charge in [0.15, 0.2) is 6.61 Å². The third-order valence-electron chi connectivity index (χ3n) is 3.82. The third-order valence-corrected chi connectivity index (χ3v) is 3.82. The van der Waals surface area contributed by atoms with Crippen molar-refractivity contribution in [3.63, 3.8) is 0 Å². The van der Waals surface area contributed by atoms with E-state index in [-0.39, 0.29) is 12.5 Å². The van der Waals surface area contributed by atoms with E-state index < -0.39 is 0 Å². The van der Waals surface area contributed by atoms with Crippen LogP contribution in [0.15, 0.2) is 53.1 Å². The van der Waals surface area contributed by atoms with Crippen molar-refractivity contribution < 1.29 is 14.1 Å². The van der Waals surface area contributed by atoms with Gasteiger partial charge in [-0.25, -0.2) is 0 Å². The van der Waals surface area contributed by atoms with Gasteiger partial charge >= 0.3 is 0 Å². The molecule has 0 radical (unpaired) electrons. The first kappa shape index (κ1) is 17.7. The van der Waals surface area contributed by atoms with Gasteiger partial charge in [-0.05, 0) is 23.6 Å². The van der Waals surface area contributed by atoms with E-state index in [9.17, 15) is 4.79 Å². The molecule has 1 aromatic heterocycles. The van der Waals surface area contributed by atoms with Crippen molar-refractivity contribution >= 4 is 11.6 Å². The molecule has 26 heavy (non-hydrogen) atoms. The molecule has 1 heterocycles. The van der Waals surface area contributed by atoms with Crippen LogP contribution in [0.2, 0.25) is 0 Å². The quantitative estimate of drug-likeness (QED) is 0.712. The molecular formula is C20H21N3O3. The zero-order valence-electron chi connectivity index (χ0n) is 15.0. The van der Waals surface area contributed by atoms with Gasteiger partial charge in [0, 0.05) is 24.2 Å². The van der Waals surface area contributed by atoms with E-state index in [0.29, 0.717) is 29.1 Å². The Labute approximate surface area is 152 Å². The van der Waals surface area contributed by atoms with Crippen LogP contribution in [0.1, 0.15) is 38.1 Å². The van der Waals surface area contributed by atoms with E-state index in [1.54, 1.807) is 24.3 Å². The van der Waals surface area contributed by atoms with Gasteiger partial charge in [0.25, 0.3) is 5.89 Å². The molecule has 6 heteroatoms. The highest BCUT2D eigenvalue weighted by atomic mass is 16.5. The Hall–Kier alpha value is -3.15. The first-order chi connectivity index (χ1) is 12.5. The maximum atomic E-state index is 11.1. The molecule has 0 bridgehead atoms. The fraction of sp³-hybridized carbons (Fsp3) is 0.250. The van der Waals surface area contributed by atoms with Crippen molar-refractivity contribution in [1.82, 2.24) is 10.1 Å². The molecule has 6 nitrogen and oxygen atoms in total. The maximum absolute atomic E-state index is 11.1. The summed E-state index contributed by atoms with van der Waals surface area (Å²) in [5.41, 5.74) is 2.84. The van der Waals surface area contributed by atoms with E-state index in [0.717, 1.165) is 5.56 Å². The summed E-state index contributed by atoms with van der Waals surface area (Å²) in [7, 11) is 0. The molecule has 0 unspecified atom stereocenters. The fourth-order valence-electron chi connectivity index (χ4n) is 2.46. The predicted octanol–water partition coefficient (Wildman–Crippen LogP) is 4.40. The molecule has 0 saturated heterocycles. The van der Waals surface area contributed by atoms with Crippen LogP contribution in [0, 0.1) is 0 Å². The number of rotatable bonds is 6. The van der Waals surface area contributed by atoms with Crippen molar-refractivity contribution in [2.75, 3.05) is 5.32 Å². The number of hydrogen-bond acceptors (Lipinski definition) is 5. The molecule has 0 aliphatic carbocycles. The van der Waals surface area contributed by atoms with Gasteiger partial charge in [0.2, 0.25) is 11.7 Å². The van der Waals surface area contributed by atoms with Crippen molar-refractivity contribution in [3.8, 4) is 17.1 Å². The van der Waals surface area contributed by atoms with E-state index in [1.807, 2.05) is 12.1 Å². The fourth-order valence-corrected chi connectivity index (χ4v) is 2.46. The Morgan fingerprint density at radius 2 is 1.96 bits per heavy atom. The summed E-state index contributed by atoms with van der Waals surface area (Å²) in [6.45, 7) is 5.92. The van der Waals surface area contributed by atoms with Crippen LogP contribution >= 0.6 is 0 Å². The molecule has 0 aliphatic rings. The highest BCUT2D eigenvalue weighted by molar-refractivity contribution is 5.88. The predicted molar refractivity (Wildman–Crippen MR) is 98.9 cm³/mol. The first-order valence-electron chi connectivity index (χ1n) is 8.44. The number of amides is 1. The van der Waals surface area contributed by atoms with Gasteiger partial charge in [0.1, 0.15) is 5.75 Å². The molecule has 134 valence electrons. The summed E-state index contributed by atoms with van der Waals surface area (Å²) in [5.74, 6) is 1.87. The number of carbonyl (C=O) groups excluding carboxylic acids is 1. The molecule has 0 spiro atoms.